The molecule has 28 heavy (non-hydrogen) atoms. The first-order valence-corrected chi connectivity index (χ1v) is 9.89. The van der Waals surface area contributed by atoms with E-state index in [9.17, 15) is 4.79 Å². The van der Waals surface area contributed by atoms with E-state index in [2.05, 4.69) is 48.0 Å². The van der Waals surface area contributed by atoms with E-state index < -0.39 is 0 Å². The molecule has 2 heterocycles. The summed E-state index contributed by atoms with van der Waals surface area (Å²) in [5.74, 6) is 2.36. The third-order valence-electron chi connectivity index (χ3n) is 5.78. The summed E-state index contributed by atoms with van der Waals surface area (Å²) in [6.07, 6.45) is 1.84. The van der Waals surface area contributed by atoms with Crippen molar-refractivity contribution in [1.29, 1.82) is 0 Å². The van der Waals surface area contributed by atoms with Crippen LogP contribution in [0.15, 0.2) is 30.3 Å². The quantitative estimate of drug-likeness (QED) is 0.681. The molecule has 2 unspecified atom stereocenters. The van der Waals surface area contributed by atoms with Crippen LogP contribution in [0.2, 0.25) is 0 Å². The summed E-state index contributed by atoms with van der Waals surface area (Å²) in [7, 11) is 6.08. The van der Waals surface area contributed by atoms with Crippen molar-refractivity contribution in [3.8, 4) is 0 Å². The summed E-state index contributed by atoms with van der Waals surface area (Å²) in [5.41, 5.74) is 7.50. The number of benzene rings is 1. The normalized spacial score (nSPS) is 27.0. The molecule has 8 heteroatoms. The van der Waals surface area contributed by atoms with Crippen LogP contribution in [0.3, 0.4) is 0 Å². The van der Waals surface area contributed by atoms with Crippen LogP contribution in [0.25, 0.3) is 0 Å². The van der Waals surface area contributed by atoms with Crippen LogP contribution in [-0.2, 0) is 18.4 Å². The van der Waals surface area contributed by atoms with Crippen molar-refractivity contribution >= 4 is 5.91 Å². The third kappa shape index (κ3) is 3.80. The van der Waals surface area contributed by atoms with Crippen molar-refractivity contribution in [3.63, 3.8) is 0 Å². The molecule has 1 aromatic heterocycles. The van der Waals surface area contributed by atoms with Crippen molar-refractivity contribution in [1.82, 2.24) is 35.8 Å². The van der Waals surface area contributed by atoms with Crippen molar-refractivity contribution in [2.75, 3.05) is 20.6 Å². The molecular formula is C20H29N7O. The summed E-state index contributed by atoms with van der Waals surface area (Å²) in [5, 5.41) is 11.9. The number of aromatic nitrogens is 3. The maximum Gasteiger partial charge on any atom is 0.226 e. The first-order chi connectivity index (χ1) is 13.5. The number of amides is 1. The van der Waals surface area contributed by atoms with Gasteiger partial charge in [0.05, 0.1) is 18.5 Å². The Hall–Kier alpha value is -2.29. The number of carbonyl (C=O) groups is 1. The molecule has 2 atom stereocenters. The van der Waals surface area contributed by atoms with E-state index in [1.807, 2.05) is 39.3 Å². The molecule has 1 amide bonds. The van der Waals surface area contributed by atoms with Gasteiger partial charge < -0.3 is 14.8 Å². The minimum Gasteiger partial charge on any atom is -0.353 e. The van der Waals surface area contributed by atoms with E-state index in [0.717, 1.165) is 36.6 Å². The first-order valence-electron chi connectivity index (χ1n) is 9.89. The van der Waals surface area contributed by atoms with Crippen molar-refractivity contribution < 1.29 is 4.79 Å². The Balaban J connectivity index is 1.32. The zero-order chi connectivity index (χ0) is 19.7. The largest absolute Gasteiger partial charge is 0.353 e. The molecule has 2 fully saturated rings. The Morgan fingerprint density at radius 2 is 2.00 bits per heavy atom. The number of hydrogen-bond acceptors (Lipinski definition) is 6. The van der Waals surface area contributed by atoms with Gasteiger partial charge in [0.2, 0.25) is 5.91 Å². The molecular weight excluding hydrogens is 354 g/mol. The lowest BCUT2D eigenvalue weighted by Gasteiger charge is -2.36. The molecule has 0 bridgehead atoms. The molecule has 0 spiro atoms. The van der Waals surface area contributed by atoms with E-state index in [4.69, 9.17) is 0 Å². The van der Waals surface area contributed by atoms with Crippen molar-refractivity contribution in [2.45, 2.75) is 37.4 Å². The summed E-state index contributed by atoms with van der Waals surface area (Å²) in [4.78, 5) is 14.9. The van der Waals surface area contributed by atoms with E-state index in [1.54, 1.807) is 0 Å². The van der Waals surface area contributed by atoms with E-state index in [1.165, 1.54) is 0 Å². The number of nitrogens with one attached hydrogen (secondary N) is 3. The molecule has 1 saturated heterocycles. The maximum absolute atomic E-state index is 12.8. The predicted molar refractivity (Wildman–Crippen MR) is 106 cm³/mol. The van der Waals surface area contributed by atoms with Crippen LogP contribution in [0, 0.1) is 5.92 Å². The van der Waals surface area contributed by atoms with Crippen LogP contribution >= 0.6 is 0 Å². The van der Waals surface area contributed by atoms with Crippen LogP contribution in [0.4, 0.5) is 0 Å². The van der Waals surface area contributed by atoms with Crippen LogP contribution in [0.5, 0.6) is 0 Å². The predicted octanol–water partition coefficient (Wildman–Crippen LogP) is 0.704. The summed E-state index contributed by atoms with van der Waals surface area (Å²) in [6.45, 7) is 1.41. The van der Waals surface area contributed by atoms with Gasteiger partial charge >= 0.3 is 0 Å². The Bertz CT molecular complexity index is 813. The summed E-state index contributed by atoms with van der Waals surface area (Å²) >= 11 is 0. The number of nitrogens with zero attached hydrogens (tertiary/aromatic N) is 4. The number of hydrogen-bond donors (Lipinski definition) is 3. The molecule has 1 saturated carbocycles. The monoisotopic (exact) mass is 383 g/mol. The van der Waals surface area contributed by atoms with Crippen molar-refractivity contribution in [3.05, 3.63) is 47.5 Å². The zero-order valence-corrected chi connectivity index (χ0v) is 16.7. The van der Waals surface area contributed by atoms with Gasteiger partial charge in [-0.05, 0) is 32.5 Å². The van der Waals surface area contributed by atoms with Crippen LogP contribution in [0.1, 0.15) is 42.0 Å². The van der Waals surface area contributed by atoms with E-state index >= 15 is 0 Å². The van der Waals surface area contributed by atoms with Crippen LogP contribution in [-0.4, -0.2) is 52.3 Å². The molecule has 1 aromatic carbocycles. The third-order valence-corrected chi connectivity index (χ3v) is 5.78. The average Bonchev–Trinajstić information content (AvgIpc) is 3.26. The highest BCUT2D eigenvalue weighted by atomic mass is 16.2. The highest BCUT2D eigenvalue weighted by molar-refractivity contribution is 5.80. The highest BCUT2D eigenvalue weighted by Gasteiger charge is 2.39. The topological polar surface area (TPSA) is 87.1 Å². The van der Waals surface area contributed by atoms with Gasteiger partial charge in [0, 0.05) is 25.6 Å². The molecule has 1 aliphatic carbocycles. The van der Waals surface area contributed by atoms with Gasteiger partial charge in [-0.1, -0.05) is 30.3 Å². The Morgan fingerprint density at radius 3 is 2.71 bits per heavy atom. The lowest BCUT2D eigenvalue weighted by Crippen LogP contribution is -2.47. The fraction of sp³-hybridized carbons (Fsp3) is 0.550. The minimum absolute atomic E-state index is 0.00408. The summed E-state index contributed by atoms with van der Waals surface area (Å²) < 4.78 is 2.10. The molecule has 150 valence electrons. The highest BCUT2D eigenvalue weighted by Crippen LogP contribution is 2.36. The molecule has 1 aliphatic heterocycles. The Morgan fingerprint density at radius 1 is 1.25 bits per heavy atom. The zero-order valence-electron chi connectivity index (χ0n) is 16.7. The second kappa shape index (κ2) is 7.98. The lowest BCUT2D eigenvalue weighted by molar-refractivity contribution is -0.126. The fourth-order valence-electron chi connectivity index (χ4n) is 4.12. The molecule has 4 rings (SSSR count). The Kier molecular flexibility index (Phi) is 5.43. The van der Waals surface area contributed by atoms with Gasteiger partial charge in [-0.25, -0.2) is 5.43 Å². The number of carbonyl (C=O) groups excluding carboxylic acids is 1. The second-order valence-electron chi connectivity index (χ2n) is 8.17. The van der Waals surface area contributed by atoms with Gasteiger partial charge in [-0.2, -0.15) is 0 Å². The Labute approximate surface area is 165 Å². The minimum atomic E-state index is -0.108. The van der Waals surface area contributed by atoms with Gasteiger partial charge in [0.1, 0.15) is 11.6 Å². The van der Waals surface area contributed by atoms with Gasteiger partial charge in [0.25, 0.3) is 0 Å². The van der Waals surface area contributed by atoms with Gasteiger partial charge in [-0.15, -0.1) is 10.2 Å². The van der Waals surface area contributed by atoms with E-state index in [0.29, 0.717) is 12.5 Å². The smallest absolute Gasteiger partial charge is 0.226 e. The van der Waals surface area contributed by atoms with E-state index in [-0.39, 0.29) is 23.9 Å². The number of rotatable bonds is 6. The molecule has 3 N–H and O–H groups in total. The number of hydrazine groups is 1. The molecule has 2 aliphatic rings. The van der Waals surface area contributed by atoms with Gasteiger partial charge in [-0.3, -0.25) is 10.2 Å². The SMILES string of the molecule is CN(C)Cc1nnc(C2CC(NC(=O)C3CNNC3c3ccccc3)C2)n1C. The average molecular weight is 384 g/mol. The van der Waals surface area contributed by atoms with Crippen LogP contribution < -0.4 is 16.2 Å². The first kappa shape index (κ1) is 19.0. The van der Waals surface area contributed by atoms with Crippen molar-refractivity contribution in [2.24, 2.45) is 13.0 Å². The molecule has 2 aromatic rings. The molecule has 0 radical (unpaired) electrons. The summed E-state index contributed by atoms with van der Waals surface area (Å²) in [6, 6.07) is 10.3. The lowest BCUT2D eigenvalue weighted by atomic mass is 9.79. The second-order valence-corrected chi connectivity index (χ2v) is 8.17. The molecule has 8 nitrogen and oxygen atoms in total. The standard InChI is InChI=1S/C20H29N7O/c1-26(2)12-17-23-25-19(27(17)3)14-9-15(10-14)22-20(28)16-11-21-24-18(16)13-7-5-4-6-8-13/h4-8,14-16,18,21,24H,9-12H2,1-3H3,(H,22,28). The fourth-order valence-corrected chi connectivity index (χ4v) is 4.12. The van der Waals surface area contributed by atoms with Gasteiger partial charge in [0.15, 0.2) is 0 Å². The maximum atomic E-state index is 12.8.